The molecule has 0 aromatic heterocycles. The van der Waals surface area contributed by atoms with E-state index in [1.165, 1.54) is 30.3 Å². The maximum atomic E-state index is 8.85. The zero-order valence-corrected chi connectivity index (χ0v) is 10.9. The second-order valence-corrected chi connectivity index (χ2v) is 4.42. The normalized spacial score (nSPS) is 9.79. The fourth-order valence-electron chi connectivity index (χ4n) is 1.43. The minimum atomic E-state index is 0.182. The summed E-state index contributed by atoms with van der Waals surface area (Å²) in [5.74, 6) is 0.822. The quantitative estimate of drug-likeness (QED) is 0.668. The number of halogens is 2. The van der Waals surface area contributed by atoms with E-state index in [1.54, 1.807) is 6.07 Å². The van der Waals surface area contributed by atoms with Crippen LogP contribution in [0.4, 0.5) is 0 Å². The molecule has 2 aromatic rings. The summed E-state index contributed by atoms with van der Waals surface area (Å²) < 4.78 is 5.52. The number of rotatable bonds is 3. The molecular weight excluding hydrogens is 289 g/mol. The Balaban J connectivity index is 2.36. The highest BCUT2D eigenvalue weighted by Crippen LogP contribution is 2.33. The summed E-state index contributed by atoms with van der Waals surface area (Å²) in [5.41, 5.74) is 0.369. The average Bonchev–Trinajstić information content (AvgIpc) is 2.40. The number of benzene rings is 2. The molecule has 0 bridgehead atoms. The van der Waals surface area contributed by atoms with Gasteiger partial charge in [-0.3, -0.25) is 0 Å². The Hall–Kier alpha value is -1.93. The van der Waals surface area contributed by atoms with E-state index in [4.69, 9.17) is 38.5 Å². The molecule has 0 aliphatic heterocycles. The molecule has 4 nitrogen and oxygen atoms in total. The fourth-order valence-corrected chi connectivity index (χ4v) is 1.81. The van der Waals surface area contributed by atoms with Crippen LogP contribution in [0.3, 0.4) is 0 Å². The van der Waals surface area contributed by atoms with E-state index < -0.39 is 0 Å². The second kappa shape index (κ2) is 5.81. The van der Waals surface area contributed by atoms with E-state index in [1.807, 2.05) is 6.07 Å². The van der Waals surface area contributed by atoms with E-state index in [-0.39, 0.29) is 11.5 Å². The Morgan fingerprint density at radius 1 is 1.05 bits per heavy atom. The number of hydrogen-bond acceptors (Lipinski definition) is 4. The van der Waals surface area contributed by atoms with Gasteiger partial charge in [0.2, 0.25) is 0 Å². The van der Waals surface area contributed by atoms with Gasteiger partial charge in [0, 0.05) is 11.1 Å². The molecule has 0 fully saturated rings. The number of ether oxygens (including phenoxy) is 1. The van der Waals surface area contributed by atoms with Crippen molar-refractivity contribution in [2.45, 2.75) is 0 Å². The highest BCUT2D eigenvalue weighted by molar-refractivity contribution is 6.32. The predicted octanol–water partition coefficient (Wildman–Crippen LogP) is 4.51. The van der Waals surface area contributed by atoms with Crippen molar-refractivity contribution in [3.05, 3.63) is 52.0 Å². The largest absolute Gasteiger partial charge is 0.456 e. The van der Waals surface area contributed by atoms with Gasteiger partial charge in [-0.25, -0.2) is 5.26 Å². The monoisotopic (exact) mass is 295 g/mol. The Morgan fingerprint density at radius 3 is 2.53 bits per heavy atom. The van der Waals surface area contributed by atoms with Gasteiger partial charge in [-0.15, -0.1) is 0 Å². The summed E-state index contributed by atoms with van der Waals surface area (Å²) in [4.78, 5) is 4.10. The van der Waals surface area contributed by atoms with Gasteiger partial charge >= 0.3 is 0 Å². The molecule has 0 saturated carbocycles. The van der Waals surface area contributed by atoms with Gasteiger partial charge in [0.25, 0.3) is 0 Å². The lowest BCUT2D eigenvalue weighted by Gasteiger charge is -2.09. The summed E-state index contributed by atoms with van der Waals surface area (Å²) in [7, 11) is 0. The standard InChI is InChI=1S/C13H7Cl2NO3/c14-9-3-8(7-16)4-11(5-9)18-13-6-10(19-17)1-2-12(13)15/h1-6,17H. The molecule has 0 saturated heterocycles. The van der Waals surface area contributed by atoms with Crippen molar-refractivity contribution >= 4 is 23.2 Å². The van der Waals surface area contributed by atoms with Crippen LogP contribution in [-0.2, 0) is 0 Å². The molecule has 0 radical (unpaired) electrons. The maximum Gasteiger partial charge on any atom is 0.168 e. The zero-order valence-electron chi connectivity index (χ0n) is 9.43. The van der Waals surface area contributed by atoms with Crippen LogP contribution >= 0.6 is 23.2 Å². The lowest BCUT2D eigenvalue weighted by molar-refractivity contribution is -0.137. The first-order valence-electron chi connectivity index (χ1n) is 5.12. The van der Waals surface area contributed by atoms with Gasteiger partial charge in [0.1, 0.15) is 11.5 Å². The highest BCUT2D eigenvalue weighted by atomic mass is 35.5. The third kappa shape index (κ3) is 3.30. The lowest BCUT2D eigenvalue weighted by Crippen LogP contribution is -1.89. The first-order valence-corrected chi connectivity index (χ1v) is 5.87. The first-order chi connectivity index (χ1) is 9.12. The number of nitrogens with zero attached hydrogens (tertiary/aromatic N) is 1. The molecule has 2 aromatic carbocycles. The minimum Gasteiger partial charge on any atom is -0.456 e. The summed E-state index contributed by atoms with van der Waals surface area (Å²) in [6, 6.07) is 11.0. The summed E-state index contributed by atoms with van der Waals surface area (Å²) in [6.45, 7) is 0. The van der Waals surface area contributed by atoms with Crippen LogP contribution < -0.4 is 9.62 Å². The lowest BCUT2D eigenvalue weighted by atomic mass is 10.2. The van der Waals surface area contributed by atoms with Gasteiger partial charge in [-0.05, 0) is 30.3 Å². The van der Waals surface area contributed by atoms with Crippen molar-refractivity contribution in [1.29, 1.82) is 5.26 Å². The molecule has 2 rings (SSSR count). The maximum absolute atomic E-state index is 8.85. The summed E-state index contributed by atoms with van der Waals surface area (Å²) >= 11 is 11.8. The van der Waals surface area contributed by atoms with Crippen molar-refractivity contribution in [2.24, 2.45) is 0 Å². The third-order valence-electron chi connectivity index (χ3n) is 2.24. The highest BCUT2D eigenvalue weighted by Gasteiger charge is 2.07. The van der Waals surface area contributed by atoms with E-state index >= 15 is 0 Å². The molecule has 0 atom stereocenters. The van der Waals surface area contributed by atoms with Crippen molar-refractivity contribution < 1.29 is 14.9 Å². The van der Waals surface area contributed by atoms with E-state index in [9.17, 15) is 0 Å². The Bertz CT molecular complexity index is 653. The Morgan fingerprint density at radius 2 is 1.84 bits per heavy atom. The van der Waals surface area contributed by atoms with Crippen LogP contribution in [0.2, 0.25) is 10.0 Å². The SMILES string of the molecule is N#Cc1cc(Cl)cc(Oc2cc(OO)ccc2Cl)c1. The first kappa shape index (κ1) is 13.5. The Kier molecular flexibility index (Phi) is 4.13. The van der Waals surface area contributed by atoms with Gasteiger partial charge in [0.15, 0.2) is 5.75 Å². The molecule has 0 spiro atoms. The van der Waals surface area contributed by atoms with Crippen LogP contribution in [0, 0.1) is 11.3 Å². The third-order valence-corrected chi connectivity index (χ3v) is 2.77. The van der Waals surface area contributed by atoms with Crippen molar-refractivity contribution in [3.8, 4) is 23.3 Å². The molecule has 6 heteroatoms. The predicted molar refractivity (Wildman–Crippen MR) is 70.9 cm³/mol. The van der Waals surface area contributed by atoms with Gasteiger partial charge in [0.05, 0.1) is 16.7 Å². The molecule has 0 heterocycles. The number of hydrogen-bond donors (Lipinski definition) is 1. The smallest absolute Gasteiger partial charge is 0.168 e. The minimum absolute atomic E-state index is 0.182. The molecule has 0 aliphatic carbocycles. The van der Waals surface area contributed by atoms with Crippen molar-refractivity contribution in [3.63, 3.8) is 0 Å². The van der Waals surface area contributed by atoms with Crippen LogP contribution in [0.15, 0.2) is 36.4 Å². The van der Waals surface area contributed by atoms with E-state index in [2.05, 4.69) is 4.89 Å². The van der Waals surface area contributed by atoms with Crippen LogP contribution in [-0.4, -0.2) is 5.26 Å². The van der Waals surface area contributed by atoms with Gasteiger partial charge in [-0.1, -0.05) is 23.2 Å². The summed E-state index contributed by atoms with van der Waals surface area (Å²) in [5, 5.41) is 18.1. The molecule has 19 heavy (non-hydrogen) atoms. The molecule has 0 amide bonds. The van der Waals surface area contributed by atoms with Crippen molar-refractivity contribution in [1.82, 2.24) is 0 Å². The van der Waals surface area contributed by atoms with E-state index in [0.29, 0.717) is 21.4 Å². The summed E-state index contributed by atoms with van der Waals surface area (Å²) in [6.07, 6.45) is 0. The average molecular weight is 296 g/mol. The van der Waals surface area contributed by atoms with Gasteiger partial charge < -0.3 is 9.62 Å². The molecule has 96 valence electrons. The van der Waals surface area contributed by atoms with Crippen LogP contribution in [0.1, 0.15) is 5.56 Å². The second-order valence-electron chi connectivity index (χ2n) is 3.57. The van der Waals surface area contributed by atoms with E-state index in [0.717, 1.165) is 0 Å². The zero-order chi connectivity index (χ0) is 13.8. The van der Waals surface area contributed by atoms with Crippen LogP contribution in [0.5, 0.6) is 17.2 Å². The number of nitriles is 1. The molecule has 1 N–H and O–H groups in total. The topological polar surface area (TPSA) is 62.5 Å². The van der Waals surface area contributed by atoms with Gasteiger partial charge in [-0.2, -0.15) is 5.26 Å². The van der Waals surface area contributed by atoms with Crippen LogP contribution in [0.25, 0.3) is 0 Å². The molecule has 0 aliphatic rings. The molecular formula is C13H7Cl2NO3. The van der Waals surface area contributed by atoms with Crippen molar-refractivity contribution in [2.75, 3.05) is 0 Å². The fraction of sp³-hybridized carbons (Fsp3) is 0. The molecule has 0 unspecified atom stereocenters. The Labute approximate surface area is 119 Å².